The van der Waals surface area contributed by atoms with Crippen LogP contribution in [-0.4, -0.2) is 70.9 Å². The van der Waals surface area contributed by atoms with Crippen LogP contribution < -0.4 is 15.1 Å². The fourth-order valence-electron chi connectivity index (χ4n) is 6.27. The monoisotopic (exact) mass is 573 g/mol. The van der Waals surface area contributed by atoms with Gasteiger partial charge in [0.1, 0.15) is 11.6 Å². The van der Waals surface area contributed by atoms with Gasteiger partial charge >= 0.3 is 12.1 Å². The van der Waals surface area contributed by atoms with E-state index in [1.165, 1.54) is 4.90 Å². The molecule has 2 atom stereocenters. The number of nitrogens with one attached hydrogen (secondary N) is 1. The minimum Gasteiger partial charge on any atom is -0.444 e. The smallest absolute Gasteiger partial charge is 0.410 e. The van der Waals surface area contributed by atoms with Crippen LogP contribution >= 0.6 is 0 Å². The van der Waals surface area contributed by atoms with E-state index < -0.39 is 17.6 Å². The van der Waals surface area contributed by atoms with Gasteiger partial charge in [-0.3, -0.25) is 29.5 Å². The first kappa shape index (κ1) is 27.7. The van der Waals surface area contributed by atoms with Crippen molar-refractivity contribution in [1.82, 2.24) is 15.1 Å². The molecular formula is C31H35N5O6. The van der Waals surface area contributed by atoms with Crippen LogP contribution in [0.4, 0.5) is 21.0 Å². The summed E-state index contributed by atoms with van der Waals surface area (Å²) in [5.41, 5.74) is 3.17. The Morgan fingerprint density at radius 2 is 1.57 bits per heavy atom. The Morgan fingerprint density at radius 1 is 0.881 bits per heavy atom. The number of likely N-dealkylation sites (tertiary alicyclic amines) is 1. The van der Waals surface area contributed by atoms with Crippen LogP contribution in [0.3, 0.4) is 0 Å². The van der Waals surface area contributed by atoms with Gasteiger partial charge in [-0.25, -0.2) is 9.59 Å². The second-order valence-electron chi connectivity index (χ2n) is 12.3. The highest BCUT2D eigenvalue weighted by Gasteiger charge is 2.40. The highest BCUT2D eigenvalue weighted by Crippen LogP contribution is 2.36. The molecule has 0 aromatic heterocycles. The number of imide groups is 1. The molecule has 220 valence electrons. The molecule has 2 aromatic rings. The third-order valence-corrected chi connectivity index (χ3v) is 8.30. The van der Waals surface area contributed by atoms with Crippen molar-refractivity contribution >= 4 is 41.2 Å². The zero-order valence-electron chi connectivity index (χ0n) is 24.1. The Balaban J connectivity index is 1.13. The fraction of sp³-hybridized carbons (Fsp3) is 0.452. The average Bonchev–Trinajstić information content (AvgIpc) is 3.65. The van der Waals surface area contributed by atoms with Gasteiger partial charge in [0, 0.05) is 49.5 Å². The Labute approximate surface area is 244 Å². The van der Waals surface area contributed by atoms with E-state index in [4.69, 9.17) is 4.74 Å². The number of nitrogens with zero attached hydrogens (tertiary/aromatic N) is 4. The van der Waals surface area contributed by atoms with Crippen LogP contribution in [-0.2, 0) is 20.9 Å². The van der Waals surface area contributed by atoms with Crippen LogP contribution in [0.25, 0.3) is 0 Å². The quantitative estimate of drug-likeness (QED) is 0.553. The van der Waals surface area contributed by atoms with Gasteiger partial charge < -0.3 is 14.5 Å². The van der Waals surface area contributed by atoms with E-state index in [1.807, 2.05) is 51.1 Å². The second kappa shape index (κ2) is 10.5. The van der Waals surface area contributed by atoms with Gasteiger partial charge in [-0.1, -0.05) is 12.1 Å². The van der Waals surface area contributed by atoms with Gasteiger partial charge in [0.2, 0.25) is 11.8 Å². The van der Waals surface area contributed by atoms with Gasteiger partial charge in [-0.15, -0.1) is 0 Å². The van der Waals surface area contributed by atoms with Crippen LogP contribution in [0.1, 0.15) is 74.0 Å². The minimum atomic E-state index is -0.682. The largest absolute Gasteiger partial charge is 0.444 e. The molecule has 11 nitrogen and oxygen atoms in total. The molecule has 11 heteroatoms. The summed E-state index contributed by atoms with van der Waals surface area (Å²) in [6.45, 7) is 7.48. The second-order valence-corrected chi connectivity index (χ2v) is 12.3. The normalized spacial score (nSPS) is 22.6. The lowest BCUT2D eigenvalue weighted by atomic mass is 10.0. The van der Waals surface area contributed by atoms with E-state index >= 15 is 0 Å². The number of amides is 6. The molecule has 0 bridgehead atoms. The van der Waals surface area contributed by atoms with Crippen LogP contribution in [0, 0.1) is 0 Å². The first-order valence-electron chi connectivity index (χ1n) is 14.5. The highest BCUT2D eigenvalue weighted by atomic mass is 16.6. The Morgan fingerprint density at radius 3 is 2.26 bits per heavy atom. The maximum Gasteiger partial charge on any atom is 0.410 e. The van der Waals surface area contributed by atoms with Crippen molar-refractivity contribution in [2.24, 2.45) is 0 Å². The summed E-state index contributed by atoms with van der Waals surface area (Å²) in [6.07, 6.45) is 1.95. The summed E-state index contributed by atoms with van der Waals surface area (Å²) in [7, 11) is 0. The lowest BCUT2D eigenvalue weighted by Crippen LogP contribution is -2.52. The molecule has 0 spiro atoms. The zero-order valence-corrected chi connectivity index (χ0v) is 24.1. The topological polar surface area (TPSA) is 120 Å². The van der Waals surface area contributed by atoms with Crippen molar-refractivity contribution in [1.29, 1.82) is 0 Å². The number of carbonyl (C=O) groups excluding carboxylic acids is 5. The Bertz CT molecular complexity index is 1470. The molecule has 42 heavy (non-hydrogen) atoms. The summed E-state index contributed by atoms with van der Waals surface area (Å²) in [6, 6.07) is 12.2. The van der Waals surface area contributed by atoms with Crippen molar-refractivity contribution in [2.75, 3.05) is 29.4 Å². The number of rotatable bonds is 4. The third kappa shape index (κ3) is 5.08. The van der Waals surface area contributed by atoms with Gasteiger partial charge in [0.05, 0.1) is 6.04 Å². The standard InChI is InChI=1S/C31H35N5O6/c1-31(2,3)42-30(41)35-14-4-5-24(35)19-6-8-21(9-7-19)33-15-16-34(29(33)40)22-10-11-23-20(17-22)18-36(28(23)39)25-12-13-26(37)32-27(25)38/h6-11,17,24-25H,4-5,12-16,18H2,1-3H3,(H,32,37,38). The van der Waals surface area contributed by atoms with E-state index in [0.29, 0.717) is 37.3 Å². The number of hydrogen-bond acceptors (Lipinski definition) is 6. The van der Waals surface area contributed by atoms with E-state index in [0.717, 1.165) is 29.7 Å². The predicted molar refractivity (Wildman–Crippen MR) is 154 cm³/mol. The molecular weight excluding hydrogens is 538 g/mol. The lowest BCUT2D eigenvalue weighted by molar-refractivity contribution is -0.136. The summed E-state index contributed by atoms with van der Waals surface area (Å²) < 4.78 is 5.60. The molecule has 4 aliphatic rings. The Kier molecular flexibility index (Phi) is 6.90. The molecule has 6 rings (SSSR count). The number of piperidine rings is 1. The molecule has 1 N–H and O–H groups in total. The minimum absolute atomic E-state index is 0.0615. The maximum absolute atomic E-state index is 13.5. The van der Waals surface area contributed by atoms with E-state index in [1.54, 1.807) is 26.8 Å². The first-order chi connectivity index (χ1) is 20.0. The zero-order chi connectivity index (χ0) is 29.8. The van der Waals surface area contributed by atoms with E-state index in [9.17, 15) is 24.0 Å². The van der Waals surface area contributed by atoms with Crippen molar-refractivity contribution in [3.8, 4) is 0 Å². The van der Waals surface area contributed by atoms with E-state index in [-0.39, 0.29) is 42.9 Å². The third-order valence-electron chi connectivity index (χ3n) is 8.30. The van der Waals surface area contributed by atoms with Gasteiger partial charge in [0.15, 0.2) is 0 Å². The number of ether oxygens (including phenoxy) is 1. The molecule has 3 saturated heterocycles. The lowest BCUT2D eigenvalue weighted by Gasteiger charge is -2.29. The van der Waals surface area contributed by atoms with Crippen LogP contribution in [0.2, 0.25) is 0 Å². The molecule has 2 aromatic carbocycles. The molecule has 2 unspecified atom stereocenters. The Hall–Kier alpha value is -4.41. The molecule has 0 aliphatic carbocycles. The molecule has 4 heterocycles. The van der Waals surface area contributed by atoms with Crippen LogP contribution in [0.5, 0.6) is 0 Å². The first-order valence-corrected chi connectivity index (χ1v) is 14.5. The van der Waals surface area contributed by atoms with Crippen molar-refractivity contribution in [2.45, 2.75) is 70.7 Å². The predicted octanol–water partition coefficient (Wildman–Crippen LogP) is 3.97. The molecule has 6 amide bonds. The number of carbonyl (C=O) groups is 5. The van der Waals surface area contributed by atoms with Crippen molar-refractivity contribution in [3.05, 3.63) is 59.2 Å². The number of fused-ring (bicyclic) bond motifs is 1. The summed E-state index contributed by atoms with van der Waals surface area (Å²) in [5.74, 6) is -1.02. The number of anilines is 2. The molecule has 3 fully saturated rings. The fourth-order valence-corrected chi connectivity index (χ4v) is 6.27. The van der Waals surface area contributed by atoms with E-state index in [2.05, 4.69) is 5.32 Å². The van der Waals surface area contributed by atoms with Crippen molar-refractivity contribution in [3.63, 3.8) is 0 Å². The van der Waals surface area contributed by atoms with Crippen LogP contribution in [0.15, 0.2) is 42.5 Å². The number of hydrogen-bond donors (Lipinski definition) is 1. The SMILES string of the molecule is CC(C)(C)OC(=O)N1CCCC1c1ccc(N2CCN(c3ccc4c(c3)CN(C3CCC(=O)NC3=O)C4=O)C2=O)cc1. The number of urea groups is 1. The maximum atomic E-state index is 13.5. The van der Waals surface area contributed by atoms with Gasteiger partial charge in [0.25, 0.3) is 5.91 Å². The summed E-state index contributed by atoms with van der Waals surface area (Å²) in [4.78, 5) is 69.9. The van der Waals surface area contributed by atoms with Crippen molar-refractivity contribution < 1.29 is 28.7 Å². The average molecular weight is 574 g/mol. The summed E-state index contributed by atoms with van der Waals surface area (Å²) >= 11 is 0. The molecule has 0 radical (unpaired) electrons. The van der Waals surface area contributed by atoms with Gasteiger partial charge in [-0.05, 0) is 81.5 Å². The number of benzene rings is 2. The molecule has 0 saturated carbocycles. The molecule has 4 aliphatic heterocycles. The van der Waals surface area contributed by atoms with Gasteiger partial charge in [-0.2, -0.15) is 0 Å². The highest BCUT2D eigenvalue weighted by molar-refractivity contribution is 6.08. The summed E-state index contributed by atoms with van der Waals surface area (Å²) in [5, 5.41) is 2.32.